The number of benzene rings is 4. The van der Waals surface area contributed by atoms with Crippen molar-refractivity contribution >= 4 is 12.1 Å². The van der Waals surface area contributed by atoms with Gasteiger partial charge in [-0.3, -0.25) is 0 Å². The van der Waals surface area contributed by atoms with Crippen molar-refractivity contribution in [2.24, 2.45) is 0 Å². The van der Waals surface area contributed by atoms with Crippen LogP contribution in [0.25, 0.3) is 22.3 Å². The van der Waals surface area contributed by atoms with Crippen LogP contribution in [0.3, 0.4) is 0 Å². The van der Waals surface area contributed by atoms with Gasteiger partial charge in [0.15, 0.2) is 0 Å². The first-order chi connectivity index (χ1) is 17.9. The Kier molecular flexibility index (Phi) is 6.68. The zero-order valence-electron chi connectivity index (χ0n) is 19.7. The van der Waals surface area contributed by atoms with E-state index < -0.39 is 29.7 Å². The van der Waals surface area contributed by atoms with Gasteiger partial charge < -0.3 is 15.2 Å². The van der Waals surface area contributed by atoms with Gasteiger partial charge >= 0.3 is 12.1 Å². The third kappa shape index (κ3) is 5.21. The van der Waals surface area contributed by atoms with Gasteiger partial charge in [0.2, 0.25) is 0 Å². The van der Waals surface area contributed by atoms with E-state index in [1.165, 1.54) is 12.1 Å². The number of aliphatic carboxylic acids is 1. The normalized spacial score (nSPS) is 12.9. The fraction of sp³-hybridized carbons (Fsp3) is 0.133. The fourth-order valence-electron chi connectivity index (χ4n) is 4.77. The molecule has 4 aromatic rings. The number of alkyl carbamates (subject to hydrolysis) is 1. The lowest BCUT2D eigenvalue weighted by atomic mass is 9.98. The summed E-state index contributed by atoms with van der Waals surface area (Å²) in [6.45, 7) is 0.0745. The highest BCUT2D eigenvalue weighted by atomic mass is 19.1. The monoisotopic (exact) mass is 499 g/mol. The molecule has 186 valence electrons. The summed E-state index contributed by atoms with van der Waals surface area (Å²) in [5, 5.41) is 12.1. The molecule has 1 amide bonds. The number of hydrogen-bond donors (Lipinski definition) is 2. The van der Waals surface area contributed by atoms with Gasteiger partial charge in [0.1, 0.15) is 24.3 Å². The Morgan fingerprint density at radius 3 is 1.95 bits per heavy atom. The molecule has 4 aromatic carbocycles. The number of carboxylic acids is 1. The topological polar surface area (TPSA) is 75.6 Å². The summed E-state index contributed by atoms with van der Waals surface area (Å²) in [7, 11) is 0. The van der Waals surface area contributed by atoms with Gasteiger partial charge in [0, 0.05) is 18.4 Å². The van der Waals surface area contributed by atoms with Crippen LogP contribution in [0.5, 0.6) is 0 Å². The lowest BCUT2D eigenvalue weighted by molar-refractivity contribution is -0.139. The first kappa shape index (κ1) is 24.2. The van der Waals surface area contributed by atoms with Crippen molar-refractivity contribution in [3.05, 3.63) is 119 Å². The number of hydrogen-bond acceptors (Lipinski definition) is 3. The summed E-state index contributed by atoms with van der Waals surface area (Å²) in [6, 6.07) is 24.5. The molecule has 7 heteroatoms. The Bertz CT molecular complexity index is 1400. The number of carbonyl (C=O) groups is 2. The largest absolute Gasteiger partial charge is 0.480 e. The minimum absolute atomic E-state index is 0.0112. The summed E-state index contributed by atoms with van der Waals surface area (Å²) >= 11 is 0. The molecule has 1 aliphatic rings. The number of rotatable bonds is 7. The van der Waals surface area contributed by atoms with E-state index in [2.05, 4.69) is 5.32 Å². The quantitative estimate of drug-likeness (QED) is 0.319. The lowest BCUT2D eigenvalue weighted by Crippen LogP contribution is -2.42. The second kappa shape index (κ2) is 10.2. The van der Waals surface area contributed by atoms with Crippen LogP contribution in [0.2, 0.25) is 0 Å². The summed E-state index contributed by atoms with van der Waals surface area (Å²) in [4.78, 5) is 24.4. The van der Waals surface area contributed by atoms with Crippen molar-refractivity contribution in [2.75, 3.05) is 6.61 Å². The van der Waals surface area contributed by atoms with E-state index in [-0.39, 0.29) is 18.9 Å². The molecule has 0 aromatic heterocycles. The van der Waals surface area contributed by atoms with Gasteiger partial charge in [-0.2, -0.15) is 0 Å². The number of carboxylic acid groups (broad SMARTS) is 1. The average molecular weight is 500 g/mol. The van der Waals surface area contributed by atoms with E-state index in [0.29, 0.717) is 16.7 Å². The first-order valence-electron chi connectivity index (χ1n) is 11.8. The van der Waals surface area contributed by atoms with Gasteiger partial charge in [-0.25, -0.2) is 18.4 Å². The number of halogens is 2. The van der Waals surface area contributed by atoms with Crippen molar-refractivity contribution in [3.63, 3.8) is 0 Å². The Morgan fingerprint density at radius 1 is 0.811 bits per heavy atom. The van der Waals surface area contributed by atoms with Crippen LogP contribution < -0.4 is 5.32 Å². The summed E-state index contributed by atoms with van der Waals surface area (Å²) < 4.78 is 32.5. The molecule has 0 spiro atoms. The molecule has 0 saturated carbocycles. The molecule has 2 N–H and O–H groups in total. The van der Waals surface area contributed by atoms with Crippen molar-refractivity contribution in [2.45, 2.75) is 18.4 Å². The molecule has 0 aliphatic heterocycles. The van der Waals surface area contributed by atoms with E-state index >= 15 is 0 Å². The maximum atomic E-state index is 13.5. The van der Waals surface area contributed by atoms with Crippen LogP contribution in [0.1, 0.15) is 22.6 Å². The standard InChI is InChI=1S/C30H23F2NO4/c31-21-14-20(15-22(32)16-21)19-11-9-18(10-12-19)13-28(29(34)35)33-30(36)37-17-27-25-7-3-1-5-23(25)24-6-2-4-8-26(24)27/h1-12,14-16,27-28H,13,17H2,(H,33,36)(H,34,35)/t28-/m0/s1. The van der Waals surface area contributed by atoms with Crippen LogP contribution in [-0.4, -0.2) is 29.8 Å². The van der Waals surface area contributed by atoms with Gasteiger partial charge in [-0.1, -0.05) is 72.8 Å². The van der Waals surface area contributed by atoms with Gasteiger partial charge in [-0.05, 0) is 51.1 Å². The maximum Gasteiger partial charge on any atom is 0.407 e. The molecular formula is C30H23F2NO4. The number of carbonyl (C=O) groups excluding carboxylic acids is 1. The Hall–Kier alpha value is -4.52. The van der Waals surface area contributed by atoms with Crippen LogP contribution in [0, 0.1) is 11.6 Å². The molecule has 0 bridgehead atoms. The average Bonchev–Trinajstić information content (AvgIpc) is 3.20. The zero-order chi connectivity index (χ0) is 25.9. The molecule has 37 heavy (non-hydrogen) atoms. The number of ether oxygens (including phenoxy) is 1. The molecule has 5 rings (SSSR count). The Balaban J connectivity index is 1.23. The van der Waals surface area contributed by atoms with Gasteiger partial charge in [0.05, 0.1) is 0 Å². The Morgan fingerprint density at radius 2 is 1.38 bits per heavy atom. The van der Waals surface area contributed by atoms with E-state index in [9.17, 15) is 23.5 Å². The summed E-state index contributed by atoms with van der Waals surface area (Å²) in [6.07, 6.45) is -0.807. The zero-order valence-corrected chi connectivity index (χ0v) is 19.7. The molecule has 0 saturated heterocycles. The van der Waals surface area contributed by atoms with Crippen LogP contribution in [-0.2, 0) is 16.0 Å². The molecule has 0 unspecified atom stereocenters. The summed E-state index contributed by atoms with van der Waals surface area (Å²) in [5.41, 5.74) is 5.90. The predicted molar refractivity (Wildman–Crippen MR) is 135 cm³/mol. The lowest BCUT2D eigenvalue weighted by Gasteiger charge is -2.17. The highest BCUT2D eigenvalue weighted by Crippen LogP contribution is 2.44. The fourth-order valence-corrected chi connectivity index (χ4v) is 4.77. The molecule has 0 radical (unpaired) electrons. The number of amides is 1. The van der Waals surface area contributed by atoms with Crippen LogP contribution in [0.4, 0.5) is 13.6 Å². The minimum Gasteiger partial charge on any atom is -0.480 e. The smallest absolute Gasteiger partial charge is 0.407 e. The first-order valence-corrected chi connectivity index (χ1v) is 11.8. The van der Waals surface area contributed by atoms with Crippen molar-refractivity contribution in [1.29, 1.82) is 0 Å². The van der Waals surface area contributed by atoms with E-state index in [0.717, 1.165) is 28.3 Å². The highest BCUT2D eigenvalue weighted by Gasteiger charge is 2.29. The van der Waals surface area contributed by atoms with Gasteiger partial charge in [-0.15, -0.1) is 0 Å². The minimum atomic E-state index is -1.21. The molecule has 1 atom stereocenters. The summed E-state index contributed by atoms with van der Waals surface area (Å²) in [5.74, 6) is -2.71. The number of fused-ring (bicyclic) bond motifs is 3. The van der Waals surface area contributed by atoms with Crippen molar-refractivity contribution < 1.29 is 28.2 Å². The number of nitrogens with one attached hydrogen (secondary N) is 1. The Labute approximate surface area is 212 Å². The van der Waals surface area contributed by atoms with Crippen LogP contribution in [0.15, 0.2) is 91.0 Å². The van der Waals surface area contributed by atoms with E-state index in [4.69, 9.17) is 4.74 Å². The second-order valence-corrected chi connectivity index (χ2v) is 8.92. The molecule has 0 heterocycles. The predicted octanol–water partition coefficient (Wildman–Crippen LogP) is 6.17. The van der Waals surface area contributed by atoms with Crippen molar-refractivity contribution in [1.82, 2.24) is 5.32 Å². The maximum absolute atomic E-state index is 13.5. The molecule has 1 aliphatic carbocycles. The second-order valence-electron chi connectivity index (χ2n) is 8.92. The SMILES string of the molecule is O=C(N[C@@H](Cc1ccc(-c2cc(F)cc(F)c2)cc1)C(=O)O)OCC1c2ccccc2-c2ccccc21. The van der Waals surface area contributed by atoms with E-state index in [1.807, 2.05) is 48.5 Å². The third-order valence-corrected chi connectivity index (χ3v) is 6.52. The molecular weight excluding hydrogens is 476 g/mol. The van der Waals surface area contributed by atoms with Gasteiger partial charge in [0.25, 0.3) is 0 Å². The van der Waals surface area contributed by atoms with Crippen LogP contribution >= 0.6 is 0 Å². The molecule has 0 fully saturated rings. The third-order valence-electron chi connectivity index (χ3n) is 6.52. The highest BCUT2D eigenvalue weighted by molar-refractivity contribution is 5.81. The molecule has 5 nitrogen and oxygen atoms in total. The van der Waals surface area contributed by atoms with E-state index in [1.54, 1.807) is 24.3 Å². The van der Waals surface area contributed by atoms with Crippen molar-refractivity contribution in [3.8, 4) is 22.3 Å².